The number of hydrogen-bond donors (Lipinski definition) is 1. The standard InChI is InChI=1S/C13H19N3O3S/c1-4-16(6-5-12(18)19)11(17)8-20-13-14-9(2)7-10(3)15-13/h7H,4-6,8H2,1-3H3,(H,18,19). The molecule has 7 heteroatoms. The summed E-state index contributed by atoms with van der Waals surface area (Å²) in [6.45, 7) is 6.33. The lowest BCUT2D eigenvalue weighted by Crippen LogP contribution is -2.34. The molecule has 110 valence electrons. The Morgan fingerprint density at radius 1 is 1.30 bits per heavy atom. The fourth-order valence-electron chi connectivity index (χ4n) is 1.67. The summed E-state index contributed by atoms with van der Waals surface area (Å²) in [6.07, 6.45) is -0.0374. The van der Waals surface area contributed by atoms with Crippen molar-refractivity contribution in [1.82, 2.24) is 14.9 Å². The lowest BCUT2D eigenvalue weighted by Gasteiger charge is -2.19. The average molecular weight is 297 g/mol. The molecule has 1 amide bonds. The molecule has 0 fully saturated rings. The van der Waals surface area contributed by atoms with Gasteiger partial charge in [-0.3, -0.25) is 9.59 Å². The van der Waals surface area contributed by atoms with Crippen molar-refractivity contribution in [2.24, 2.45) is 0 Å². The molecule has 0 aromatic carbocycles. The fourth-order valence-corrected chi connectivity index (χ4v) is 2.52. The average Bonchev–Trinajstić information content (AvgIpc) is 2.35. The molecule has 0 saturated heterocycles. The van der Waals surface area contributed by atoms with Gasteiger partial charge in [0.1, 0.15) is 0 Å². The van der Waals surface area contributed by atoms with Gasteiger partial charge in [-0.1, -0.05) is 11.8 Å². The van der Waals surface area contributed by atoms with E-state index < -0.39 is 5.97 Å². The Hall–Kier alpha value is -1.63. The molecule has 0 aliphatic carbocycles. The van der Waals surface area contributed by atoms with Crippen molar-refractivity contribution in [1.29, 1.82) is 0 Å². The minimum Gasteiger partial charge on any atom is -0.481 e. The maximum absolute atomic E-state index is 12.0. The predicted molar refractivity (Wildman–Crippen MR) is 76.7 cm³/mol. The summed E-state index contributed by atoms with van der Waals surface area (Å²) in [4.78, 5) is 32.6. The number of carboxylic acids is 1. The fraction of sp³-hybridized carbons (Fsp3) is 0.538. The molecular weight excluding hydrogens is 278 g/mol. The first-order chi connectivity index (χ1) is 9.42. The Balaban J connectivity index is 2.54. The third-order valence-electron chi connectivity index (χ3n) is 2.62. The number of carbonyl (C=O) groups excluding carboxylic acids is 1. The Morgan fingerprint density at radius 3 is 2.40 bits per heavy atom. The van der Waals surface area contributed by atoms with Crippen LogP contribution in [0.2, 0.25) is 0 Å². The van der Waals surface area contributed by atoms with Crippen LogP contribution in [0, 0.1) is 13.8 Å². The van der Waals surface area contributed by atoms with Crippen LogP contribution >= 0.6 is 11.8 Å². The smallest absolute Gasteiger partial charge is 0.305 e. The summed E-state index contributed by atoms with van der Waals surface area (Å²) in [5.41, 5.74) is 1.73. The molecule has 0 saturated carbocycles. The summed E-state index contributed by atoms with van der Waals surface area (Å²) in [6, 6.07) is 1.87. The van der Waals surface area contributed by atoms with Crippen LogP contribution in [0.1, 0.15) is 24.7 Å². The number of rotatable bonds is 7. The van der Waals surface area contributed by atoms with Gasteiger partial charge in [0.25, 0.3) is 0 Å². The third-order valence-corrected chi connectivity index (χ3v) is 3.45. The Morgan fingerprint density at radius 2 is 1.90 bits per heavy atom. The van der Waals surface area contributed by atoms with E-state index in [0.29, 0.717) is 11.7 Å². The number of aliphatic carboxylic acids is 1. The van der Waals surface area contributed by atoms with Crippen LogP contribution in [-0.4, -0.2) is 50.7 Å². The topological polar surface area (TPSA) is 83.4 Å². The summed E-state index contributed by atoms with van der Waals surface area (Å²) in [5, 5.41) is 9.22. The number of amides is 1. The number of thioether (sulfide) groups is 1. The number of carbonyl (C=O) groups is 2. The van der Waals surface area contributed by atoms with Gasteiger partial charge < -0.3 is 10.0 Å². The molecule has 0 aliphatic rings. The highest BCUT2D eigenvalue weighted by atomic mass is 32.2. The largest absolute Gasteiger partial charge is 0.481 e. The maximum atomic E-state index is 12.0. The minimum atomic E-state index is -0.901. The van der Waals surface area contributed by atoms with Gasteiger partial charge >= 0.3 is 5.97 Å². The SMILES string of the molecule is CCN(CCC(=O)O)C(=O)CSc1nc(C)cc(C)n1. The van der Waals surface area contributed by atoms with E-state index in [9.17, 15) is 9.59 Å². The summed E-state index contributed by atoms with van der Waals surface area (Å²) >= 11 is 1.27. The number of carboxylic acid groups (broad SMARTS) is 1. The number of hydrogen-bond acceptors (Lipinski definition) is 5. The molecule has 1 N–H and O–H groups in total. The molecule has 0 spiro atoms. The van der Waals surface area contributed by atoms with Gasteiger partial charge in [0.05, 0.1) is 12.2 Å². The van der Waals surface area contributed by atoms with Gasteiger partial charge in [-0.2, -0.15) is 0 Å². The van der Waals surface area contributed by atoms with E-state index in [-0.39, 0.29) is 24.6 Å². The van der Waals surface area contributed by atoms with Gasteiger partial charge in [0, 0.05) is 24.5 Å². The molecule has 1 heterocycles. The van der Waals surface area contributed by atoms with Gasteiger partial charge in [0.2, 0.25) is 5.91 Å². The molecule has 0 radical (unpaired) electrons. The molecular formula is C13H19N3O3S. The van der Waals surface area contributed by atoms with E-state index in [1.807, 2.05) is 26.8 Å². The Labute approximate surface area is 122 Å². The van der Waals surface area contributed by atoms with E-state index in [2.05, 4.69) is 9.97 Å². The second-order valence-corrected chi connectivity index (χ2v) is 5.28. The molecule has 6 nitrogen and oxygen atoms in total. The molecule has 0 atom stereocenters. The molecule has 20 heavy (non-hydrogen) atoms. The van der Waals surface area contributed by atoms with Crippen LogP contribution in [0.3, 0.4) is 0 Å². The highest BCUT2D eigenvalue weighted by molar-refractivity contribution is 7.99. The van der Waals surface area contributed by atoms with Gasteiger partial charge in [-0.15, -0.1) is 0 Å². The normalized spacial score (nSPS) is 10.3. The molecule has 1 rings (SSSR count). The number of nitrogens with zero attached hydrogens (tertiary/aromatic N) is 3. The van der Waals surface area contributed by atoms with Gasteiger partial charge in [0.15, 0.2) is 5.16 Å². The summed E-state index contributed by atoms with van der Waals surface area (Å²) < 4.78 is 0. The zero-order valence-electron chi connectivity index (χ0n) is 11.9. The van der Waals surface area contributed by atoms with Crippen LogP contribution in [0.4, 0.5) is 0 Å². The maximum Gasteiger partial charge on any atom is 0.305 e. The number of aryl methyl sites for hydroxylation is 2. The van der Waals surface area contributed by atoms with E-state index in [4.69, 9.17) is 5.11 Å². The van der Waals surface area contributed by atoms with Crippen molar-refractivity contribution in [3.63, 3.8) is 0 Å². The first-order valence-electron chi connectivity index (χ1n) is 6.37. The van der Waals surface area contributed by atoms with Crippen molar-refractivity contribution in [2.45, 2.75) is 32.3 Å². The zero-order valence-corrected chi connectivity index (χ0v) is 12.7. The van der Waals surface area contributed by atoms with Crippen molar-refractivity contribution in [3.8, 4) is 0 Å². The van der Waals surface area contributed by atoms with Gasteiger partial charge in [-0.25, -0.2) is 9.97 Å². The van der Waals surface area contributed by atoms with Crippen molar-refractivity contribution in [2.75, 3.05) is 18.8 Å². The second kappa shape index (κ2) is 7.84. The van der Waals surface area contributed by atoms with Crippen molar-refractivity contribution >= 4 is 23.6 Å². The molecule has 1 aromatic heterocycles. The Kier molecular flexibility index (Phi) is 6.44. The van der Waals surface area contributed by atoms with E-state index in [1.54, 1.807) is 0 Å². The quantitative estimate of drug-likeness (QED) is 0.606. The second-order valence-electron chi connectivity index (χ2n) is 4.34. The Bertz CT molecular complexity index is 473. The highest BCUT2D eigenvalue weighted by Gasteiger charge is 2.14. The molecule has 0 unspecified atom stereocenters. The third kappa shape index (κ3) is 5.56. The van der Waals surface area contributed by atoms with Crippen molar-refractivity contribution < 1.29 is 14.7 Å². The van der Waals surface area contributed by atoms with Crippen LogP contribution in [0.15, 0.2) is 11.2 Å². The first-order valence-corrected chi connectivity index (χ1v) is 7.35. The van der Waals surface area contributed by atoms with Gasteiger partial charge in [-0.05, 0) is 26.8 Å². The summed E-state index contributed by atoms with van der Waals surface area (Å²) in [7, 11) is 0. The zero-order chi connectivity index (χ0) is 15.1. The lowest BCUT2D eigenvalue weighted by molar-refractivity contribution is -0.138. The predicted octanol–water partition coefficient (Wildman–Crippen LogP) is 1.51. The monoisotopic (exact) mass is 297 g/mol. The highest BCUT2D eigenvalue weighted by Crippen LogP contribution is 2.14. The summed E-state index contributed by atoms with van der Waals surface area (Å²) in [5.74, 6) is -0.779. The number of aromatic nitrogens is 2. The van der Waals surface area contributed by atoms with E-state index in [1.165, 1.54) is 16.7 Å². The van der Waals surface area contributed by atoms with E-state index >= 15 is 0 Å². The van der Waals surface area contributed by atoms with Crippen LogP contribution < -0.4 is 0 Å². The van der Waals surface area contributed by atoms with Crippen LogP contribution in [-0.2, 0) is 9.59 Å². The first kappa shape index (κ1) is 16.4. The molecule has 0 aliphatic heterocycles. The minimum absolute atomic E-state index is 0.0374. The molecule has 1 aromatic rings. The lowest BCUT2D eigenvalue weighted by atomic mass is 10.4. The molecule has 0 bridgehead atoms. The van der Waals surface area contributed by atoms with E-state index in [0.717, 1.165) is 11.4 Å². The van der Waals surface area contributed by atoms with Crippen LogP contribution in [0.5, 0.6) is 0 Å². The van der Waals surface area contributed by atoms with Crippen molar-refractivity contribution in [3.05, 3.63) is 17.5 Å². The van der Waals surface area contributed by atoms with Crippen LogP contribution in [0.25, 0.3) is 0 Å².